The van der Waals surface area contributed by atoms with Crippen LogP contribution >= 0.6 is 0 Å². The molecule has 0 unspecified atom stereocenters. The quantitative estimate of drug-likeness (QED) is 0.805. The molecule has 0 radical (unpaired) electrons. The van der Waals surface area contributed by atoms with Crippen molar-refractivity contribution < 1.29 is 23.9 Å². The van der Waals surface area contributed by atoms with Crippen molar-refractivity contribution in [2.24, 2.45) is 0 Å². The van der Waals surface area contributed by atoms with Crippen molar-refractivity contribution in [1.29, 1.82) is 0 Å². The number of hydrogen-bond acceptors (Lipinski definition) is 5. The topological polar surface area (TPSA) is 84.9 Å². The number of anilines is 1. The first kappa shape index (κ1) is 19.2. The van der Waals surface area contributed by atoms with Crippen LogP contribution in [0.15, 0.2) is 54.1 Å². The van der Waals surface area contributed by atoms with Crippen molar-refractivity contribution in [2.45, 2.75) is 0 Å². The minimum atomic E-state index is -0.600. The van der Waals surface area contributed by atoms with Gasteiger partial charge in [-0.3, -0.25) is 9.59 Å². The maximum Gasteiger partial charge on any atom is 0.338 e. The molecule has 0 atom stereocenters. The second-order valence-electron chi connectivity index (χ2n) is 6.40. The lowest BCUT2D eigenvalue weighted by Crippen LogP contribution is -2.24. The number of amides is 2. The Hall–Kier alpha value is -3.61. The molecule has 144 valence electrons. The van der Waals surface area contributed by atoms with Crippen LogP contribution in [-0.2, 0) is 14.3 Å². The summed E-state index contributed by atoms with van der Waals surface area (Å²) in [6.45, 7) is -0.324. The first-order chi connectivity index (χ1) is 13.4. The largest absolute Gasteiger partial charge is 0.488 e. The molecular weight excluding hydrogens is 360 g/mol. The van der Waals surface area contributed by atoms with E-state index >= 15 is 0 Å². The molecule has 1 aliphatic rings. The summed E-state index contributed by atoms with van der Waals surface area (Å²) in [7, 11) is 3.33. The highest BCUT2D eigenvalue weighted by atomic mass is 16.5. The highest BCUT2D eigenvalue weighted by Gasteiger charge is 2.19. The fourth-order valence-electron chi connectivity index (χ4n) is 2.61. The molecule has 0 spiro atoms. The van der Waals surface area contributed by atoms with Crippen molar-refractivity contribution >= 4 is 29.5 Å². The molecule has 1 aliphatic heterocycles. The van der Waals surface area contributed by atoms with Gasteiger partial charge in [0.1, 0.15) is 12.4 Å². The van der Waals surface area contributed by atoms with Gasteiger partial charge in [0.25, 0.3) is 11.8 Å². The fourth-order valence-corrected chi connectivity index (χ4v) is 2.61. The number of rotatable bonds is 5. The van der Waals surface area contributed by atoms with Gasteiger partial charge in [-0.1, -0.05) is 18.2 Å². The van der Waals surface area contributed by atoms with E-state index in [4.69, 9.17) is 9.47 Å². The van der Waals surface area contributed by atoms with E-state index in [9.17, 15) is 14.4 Å². The minimum Gasteiger partial charge on any atom is -0.488 e. The van der Waals surface area contributed by atoms with Gasteiger partial charge in [0.15, 0.2) is 6.61 Å². The van der Waals surface area contributed by atoms with Crippen LogP contribution in [0, 0.1) is 0 Å². The number of fused-ring (bicyclic) bond motifs is 1. The Balaban J connectivity index is 1.53. The molecule has 0 fully saturated rings. The van der Waals surface area contributed by atoms with Crippen LogP contribution in [0.4, 0.5) is 5.69 Å². The third-order valence-electron chi connectivity index (χ3n) is 4.05. The Morgan fingerprint density at radius 2 is 1.79 bits per heavy atom. The number of nitrogens with one attached hydrogen (secondary N) is 1. The number of hydrogen-bond donors (Lipinski definition) is 1. The molecule has 7 nitrogen and oxygen atoms in total. The van der Waals surface area contributed by atoms with E-state index in [0.717, 1.165) is 5.56 Å². The number of benzene rings is 2. The first-order valence-corrected chi connectivity index (χ1v) is 8.65. The lowest BCUT2D eigenvalue weighted by Gasteiger charge is -2.16. The zero-order valence-electron chi connectivity index (χ0n) is 15.6. The number of esters is 1. The van der Waals surface area contributed by atoms with E-state index in [-0.39, 0.29) is 12.5 Å². The SMILES string of the molecule is CN(C)C(=O)c1ccc(NC(=O)COC(=O)C2=Cc3ccccc3OC2)cc1. The molecule has 2 aromatic rings. The third kappa shape index (κ3) is 4.56. The average molecular weight is 380 g/mol. The van der Waals surface area contributed by atoms with Crippen LogP contribution in [0.5, 0.6) is 5.75 Å². The molecule has 0 aromatic heterocycles. The lowest BCUT2D eigenvalue weighted by atomic mass is 10.1. The van der Waals surface area contributed by atoms with Gasteiger partial charge in [0.05, 0.1) is 5.57 Å². The maximum atomic E-state index is 12.2. The molecular formula is C21H20N2O5. The summed E-state index contributed by atoms with van der Waals surface area (Å²) >= 11 is 0. The number of carbonyl (C=O) groups is 3. The van der Waals surface area contributed by atoms with Gasteiger partial charge in [-0.2, -0.15) is 0 Å². The summed E-state index contributed by atoms with van der Waals surface area (Å²) in [4.78, 5) is 37.5. The molecule has 0 bridgehead atoms. The monoisotopic (exact) mass is 380 g/mol. The molecule has 0 saturated carbocycles. The summed E-state index contributed by atoms with van der Waals surface area (Å²) < 4.78 is 10.6. The van der Waals surface area contributed by atoms with E-state index in [1.165, 1.54) is 4.90 Å². The lowest BCUT2D eigenvalue weighted by molar-refractivity contribution is -0.143. The molecule has 1 heterocycles. The van der Waals surface area contributed by atoms with Crippen molar-refractivity contribution in [1.82, 2.24) is 4.90 Å². The molecule has 2 aromatic carbocycles. The van der Waals surface area contributed by atoms with E-state index < -0.39 is 18.5 Å². The molecule has 0 saturated heterocycles. The highest BCUT2D eigenvalue weighted by molar-refractivity contribution is 5.98. The summed E-state index contributed by atoms with van der Waals surface area (Å²) in [6.07, 6.45) is 1.69. The van der Waals surface area contributed by atoms with E-state index in [0.29, 0.717) is 22.6 Å². The predicted molar refractivity (Wildman–Crippen MR) is 104 cm³/mol. The molecule has 0 aliphatic carbocycles. The number of ether oxygens (including phenoxy) is 2. The van der Waals surface area contributed by atoms with Crippen molar-refractivity contribution in [3.63, 3.8) is 0 Å². The van der Waals surface area contributed by atoms with Gasteiger partial charge in [-0.15, -0.1) is 0 Å². The van der Waals surface area contributed by atoms with Crippen molar-refractivity contribution in [3.8, 4) is 5.75 Å². The van der Waals surface area contributed by atoms with Gasteiger partial charge < -0.3 is 19.7 Å². The van der Waals surface area contributed by atoms with Gasteiger partial charge in [-0.05, 0) is 36.4 Å². The van der Waals surface area contributed by atoms with Crippen LogP contribution in [0.2, 0.25) is 0 Å². The summed E-state index contributed by atoms with van der Waals surface area (Å²) in [6, 6.07) is 13.8. The second kappa shape index (κ2) is 8.39. The van der Waals surface area contributed by atoms with Gasteiger partial charge >= 0.3 is 5.97 Å². The van der Waals surface area contributed by atoms with Crippen LogP contribution < -0.4 is 10.1 Å². The minimum absolute atomic E-state index is 0.0961. The molecule has 1 N–H and O–H groups in total. The van der Waals surface area contributed by atoms with Crippen LogP contribution in [0.25, 0.3) is 6.08 Å². The Bertz CT molecular complexity index is 932. The average Bonchev–Trinajstić information content (AvgIpc) is 2.71. The third-order valence-corrected chi connectivity index (χ3v) is 4.05. The number of para-hydroxylation sites is 1. The van der Waals surface area contributed by atoms with E-state index in [2.05, 4.69) is 5.32 Å². The summed E-state index contributed by atoms with van der Waals surface area (Å²) in [5.41, 5.74) is 2.15. The Morgan fingerprint density at radius 3 is 2.50 bits per heavy atom. The Labute approximate surface area is 162 Å². The standard InChI is InChI=1S/C21H20N2O5/c1-23(2)20(25)14-7-9-17(10-8-14)22-19(24)13-28-21(26)16-11-15-5-3-4-6-18(15)27-12-16/h3-11H,12-13H2,1-2H3,(H,22,24). The predicted octanol–water partition coefficient (Wildman–Crippen LogP) is 2.35. The Kier molecular flexibility index (Phi) is 5.74. The highest BCUT2D eigenvalue weighted by Crippen LogP contribution is 2.26. The molecule has 28 heavy (non-hydrogen) atoms. The zero-order chi connectivity index (χ0) is 20.1. The normalized spacial score (nSPS) is 12.1. The van der Waals surface area contributed by atoms with E-state index in [1.54, 1.807) is 44.4 Å². The van der Waals surface area contributed by atoms with Gasteiger partial charge in [-0.25, -0.2) is 4.79 Å². The summed E-state index contributed by atoms with van der Waals surface area (Å²) in [5, 5.41) is 2.62. The van der Waals surface area contributed by atoms with Crippen LogP contribution in [0.1, 0.15) is 15.9 Å². The van der Waals surface area contributed by atoms with Crippen LogP contribution in [0.3, 0.4) is 0 Å². The molecule has 2 amide bonds. The number of carbonyl (C=O) groups excluding carboxylic acids is 3. The summed E-state index contributed by atoms with van der Waals surface area (Å²) in [5.74, 6) is -0.501. The number of nitrogens with zero attached hydrogens (tertiary/aromatic N) is 1. The molecule has 7 heteroatoms. The van der Waals surface area contributed by atoms with Gasteiger partial charge in [0.2, 0.25) is 0 Å². The Morgan fingerprint density at radius 1 is 1.07 bits per heavy atom. The smallest absolute Gasteiger partial charge is 0.338 e. The van der Waals surface area contributed by atoms with Crippen LogP contribution in [-0.4, -0.2) is 50.0 Å². The maximum absolute atomic E-state index is 12.2. The first-order valence-electron chi connectivity index (χ1n) is 8.65. The van der Waals surface area contributed by atoms with Crippen molar-refractivity contribution in [2.75, 3.05) is 32.6 Å². The second-order valence-corrected chi connectivity index (χ2v) is 6.40. The van der Waals surface area contributed by atoms with Gasteiger partial charge in [0, 0.05) is 30.9 Å². The van der Waals surface area contributed by atoms with Crippen molar-refractivity contribution in [3.05, 3.63) is 65.2 Å². The van der Waals surface area contributed by atoms with E-state index in [1.807, 2.05) is 24.3 Å². The fraction of sp³-hybridized carbons (Fsp3) is 0.190. The molecule has 3 rings (SSSR count). The zero-order valence-corrected chi connectivity index (χ0v) is 15.6.